The van der Waals surface area contributed by atoms with Crippen LogP contribution in [0.15, 0.2) is 108 Å². The van der Waals surface area contributed by atoms with E-state index >= 15 is 0 Å². The number of furan rings is 1. The van der Waals surface area contributed by atoms with Crippen molar-refractivity contribution in [3.8, 4) is 33.6 Å². The molecular weight excluding hydrogens is 837 g/mol. The third-order valence-corrected chi connectivity index (χ3v) is 11.0. The van der Waals surface area contributed by atoms with Gasteiger partial charge in [-0.3, -0.25) is 0 Å². The van der Waals surface area contributed by atoms with Gasteiger partial charge in [0.1, 0.15) is 5.58 Å². The Hall–Kier alpha value is -4.37. The minimum atomic E-state index is -2.51. The van der Waals surface area contributed by atoms with E-state index in [4.69, 9.17) is 11.3 Å². The quantitative estimate of drug-likeness (QED) is 0.166. The molecule has 0 fully saturated rings. The Bertz CT molecular complexity index is 2660. The number of pyridine rings is 2. The molecule has 4 aromatic carbocycles. The molecule has 0 atom stereocenters. The second kappa shape index (κ2) is 14.4. The van der Waals surface area contributed by atoms with Crippen molar-refractivity contribution in [2.45, 2.75) is 98.7 Å². The largest absolute Gasteiger partial charge is 0.501 e. The summed E-state index contributed by atoms with van der Waals surface area (Å²) in [5.74, 6) is 0. The molecule has 0 N–H and O–H groups in total. The number of nitrogens with zero attached hydrogens (tertiary/aromatic N) is 2. The smallest absolute Gasteiger partial charge is 0.121 e. The van der Waals surface area contributed by atoms with Crippen LogP contribution < -0.4 is 0 Å². The predicted octanol–water partition coefficient (Wildman–Crippen LogP) is 13.4. The fourth-order valence-corrected chi connectivity index (χ4v) is 7.35. The van der Waals surface area contributed by atoms with Gasteiger partial charge in [-0.2, -0.15) is 0 Å². The molecule has 0 saturated carbocycles. The van der Waals surface area contributed by atoms with Crippen molar-refractivity contribution in [1.29, 1.82) is 0 Å². The fraction of sp³-hybridized carbons (Fsp3) is 0.320. The summed E-state index contributed by atoms with van der Waals surface area (Å²) in [5, 5.41) is 1.91. The van der Waals surface area contributed by atoms with Gasteiger partial charge in [0.25, 0.3) is 0 Å². The van der Waals surface area contributed by atoms with Crippen molar-refractivity contribution < 1.29 is 31.4 Å². The molecule has 0 bridgehead atoms. The zero-order valence-corrected chi connectivity index (χ0v) is 35.3. The Morgan fingerprint density at radius 1 is 0.741 bits per heavy atom. The predicted molar refractivity (Wildman–Crippen MR) is 222 cm³/mol. The first-order valence-corrected chi connectivity index (χ1v) is 18.4. The molecule has 3 heterocycles. The zero-order chi connectivity index (χ0) is 42.2. The molecule has 7 aromatic rings. The first-order valence-electron chi connectivity index (χ1n) is 20.9. The van der Waals surface area contributed by atoms with E-state index in [9.17, 15) is 0 Å². The SMILES string of the molecule is CC(C)(C)c1ccnc(-c2[c-]cccc2)c1.[2H]C([2H])([2H])c1cnc(-c2[c-]ccc3c2oc2cc4c(cc23)C(C)(C)C(C)(C)c2ccccc2-4)cc1C([2H])([2H])C(C)(C)C.[Ir]. The van der Waals surface area contributed by atoms with Gasteiger partial charge in [-0.25, -0.2) is 0 Å². The van der Waals surface area contributed by atoms with E-state index in [-0.39, 0.29) is 47.5 Å². The normalized spacial score (nSPS) is 16.3. The topological polar surface area (TPSA) is 38.9 Å². The van der Waals surface area contributed by atoms with Crippen molar-refractivity contribution in [1.82, 2.24) is 9.97 Å². The number of fused-ring (bicyclic) bond motifs is 6. The third-order valence-electron chi connectivity index (χ3n) is 11.0. The second-order valence-electron chi connectivity index (χ2n) is 17.3. The molecule has 3 nitrogen and oxygen atoms in total. The molecule has 3 aromatic heterocycles. The molecule has 0 spiro atoms. The Morgan fingerprint density at radius 2 is 1.48 bits per heavy atom. The first kappa shape index (κ1) is 33.0. The van der Waals surface area contributed by atoms with E-state index in [1.54, 1.807) is 26.8 Å². The number of aromatic nitrogens is 2. The van der Waals surface area contributed by atoms with Crippen LogP contribution in [0, 0.1) is 24.4 Å². The summed E-state index contributed by atoms with van der Waals surface area (Å²) in [6.07, 6.45) is 1.23. The van der Waals surface area contributed by atoms with Gasteiger partial charge in [-0.1, -0.05) is 122 Å². The molecule has 8 rings (SSSR count). The molecular formula is C50H52IrN2O-2. The average Bonchev–Trinajstić information content (AvgIpc) is 3.54. The van der Waals surface area contributed by atoms with Crippen molar-refractivity contribution in [3.63, 3.8) is 0 Å². The van der Waals surface area contributed by atoms with Crippen LogP contribution >= 0.6 is 0 Å². The number of hydrogen-bond acceptors (Lipinski definition) is 3. The van der Waals surface area contributed by atoms with E-state index in [2.05, 4.69) is 119 Å². The van der Waals surface area contributed by atoms with Gasteiger partial charge in [0.05, 0.1) is 5.58 Å². The van der Waals surface area contributed by atoms with Gasteiger partial charge in [-0.05, 0) is 97.9 Å². The maximum Gasteiger partial charge on any atom is 0.121 e. The van der Waals surface area contributed by atoms with Crippen molar-refractivity contribution >= 4 is 21.9 Å². The van der Waals surface area contributed by atoms with E-state index in [1.807, 2.05) is 42.6 Å². The van der Waals surface area contributed by atoms with E-state index in [1.165, 1.54) is 28.5 Å². The van der Waals surface area contributed by atoms with Gasteiger partial charge >= 0.3 is 0 Å². The molecule has 0 unspecified atom stereocenters. The van der Waals surface area contributed by atoms with E-state index in [0.717, 1.165) is 33.2 Å². The summed E-state index contributed by atoms with van der Waals surface area (Å²) in [6, 6.07) is 37.0. The third kappa shape index (κ3) is 7.24. The number of aryl methyl sites for hydroxylation is 1. The molecule has 279 valence electrons. The number of benzene rings is 4. The second-order valence-corrected chi connectivity index (χ2v) is 17.3. The zero-order valence-electron chi connectivity index (χ0n) is 38.0. The van der Waals surface area contributed by atoms with Crippen molar-refractivity contribution in [2.24, 2.45) is 5.41 Å². The van der Waals surface area contributed by atoms with Crippen LogP contribution in [-0.4, -0.2) is 9.97 Å². The fourth-order valence-electron chi connectivity index (χ4n) is 7.35. The molecule has 0 saturated heterocycles. The van der Waals surface area contributed by atoms with Crippen molar-refractivity contribution in [2.75, 3.05) is 0 Å². The summed E-state index contributed by atoms with van der Waals surface area (Å²) in [6.45, 7) is 18.6. The molecule has 0 aliphatic heterocycles. The minimum absolute atomic E-state index is 0. The van der Waals surface area contributed by atoms with Gasteiger partial charge in [0.2, 0.25) is 0 Å². The molecule has 0 amide bonds. The molecule has 4 heteroatoms. The van der Waals surface area contributed by atoms with Crippen LogP contribution in [0.25, 0.3) is 55.6 Å². The maximum atomic E-state index is 8.93. The monoisotopic (exact) mass is 894 g/mol. The van der Waals surface area contributed by atoms with Crippen LogP contribution in [0.5, 0.6) is 0 Å². The summed E-state index contributed by atoms with van der Waals surface area (Å²) >= 11 is 0. The summed E-state index contributed by atoms with van der Waals surface area (Å²) in [7, 11) is 0. The molecule has 1 aliphatic carbocycles. The standard InChI is InChI=1S/C35H36NO.C15H16N.Ir/c1-21-20-36-30(16-22(21)19-33(2,3)4)25-14-11-13-24-27-17-29-26(18-31(27)37-32(24)25)23-12-9-10-15-28(23)34(5,6)35(29,7)8;1-15(2,3)13-9-10-16-14(11-13)12-7-5-4-6-8-12;/h9-13,15-18,20H,19H2,1-8H3;4-7,9-11H,1-3H3;/q2*-1;/i1D3,19D2;;. The summed E-state index contributed by atoms with van der Waals surface area (Å²) < 4.78 is 48.6. The van der Waals surface area contributed by atoms with Gasteiger partial charge in [0.15, 0.2) is 0 Å². The van der Waals surface area contributed by atoms with Crippen LogP contribution in [-0.2, 0) is 42.7 Å². The van der Waals surface area contributed by atoms with Crippen LogP contribution in [0.3, 0.4) is 0 Å². The van der Waals surface area contributed by atoms with Gasteiger partial charge in [0, 0.05) is 44.7 Å². The molecule has 54 heavy (non-hydrogen) atoms. The van der Waals surface area contributed by atoms with Crippen LogP contribution in [0.1, 0.15) is 104 Å². The molecule has 1 radical (unpaired) electrons. The summed E-state index contributed by atoms with van der Waals surface area (Å²) in [4.78, 5) is 8.92. The number of hydrogen-bond donors (Lipinski definition) is 0. The van der Waals surface area contributed by atoms with Crippen LogP contribution in [0.4, 0.5) is 0 Å². The summed E-state index contributed by atoms with van der Waals surface area (Å²) in [5.41, 5.74) is 9.71. The minimum Gasteiger partial charge on any atom is -0.501 e. The van der Waals surface area contributed by atoms with Crippen molar-refractivity contribution in [3.05, 3.63) is 143 Å². The Kier molecular flexibility index (Phi) is 8.78. The van der Waals surface area contributed by atoms with Gasteiger partial charge < -0.3 is 14.4 Å². The maximum absolute atomic E-state index is 8.93. The van der Waals surface area contributed by atoms with E-state index in [0.29, 0.717) is 16.8 Å². The van der Waals surface area contributed by atoms with Gasteiger partial charge in [-0.15, -0.1) is 54.1 Å². The Labute approximate surface area is 343 Å². The molecule has 1 aliphatic rings. The van der Waals surface area contributed by atoms with Crippen LogP contribution in [0.2, 0.25) is 0 Å². The Morgan fingerprint density at radius 3 is 2.19 bits per heavy atom. The first-order chi connectivity index (χ1) is 26.9. The van der Waals surface area contributed by atoms with E-state index < -0.39 is 18.6 Å². The average molecular weight is 894 g/mol. The Balaban J connectivity index is 0.000000289. The number of rotatable bonds is 3.